The third kappa shape index (κ3) is 2.91. The standard InChI is InChI=1S/C13H7ClF3NO2/c14-10-5-8(6-18-11(10)12(19)20)7-2-1-3-9(4-7)13(15,16)17/h1-6H,(H,19,20). The van der Waals surface area contributed by atoms with Gasteiger partial charge in [0.2, 0.25) is 0 Å². The molecule has 2 aromatic rings. The molecule has 1 N–H and O–H groups in total. The molecule has 0 spiro atoms. The van der Waals surface area contributed by atoms with Crippen molar-refractivity contribution in [3.05, 3.63) is 52.8 Å². The summed E-state index contributed by atoms with van der Waals surface area (Å²) in [6.07, 6.45) is -3.28. The lowest BCUT2D eigenvalue weighted by Gasteiger charge is -2.09. The van der Waals surface area contributed by atoms with Crippen LogP contribution in [0.4, 0.5) is 13.2 Å². The van der Waals surface area contributed by atoms with E-state index in [2.05, 4.69) is 4.98 Å². The summed E-state index contributed by atoms with van der Waals surface area (Å²) in [5.74, 6) is -1.30. The summed E-state index contributed by atoms with van der Waals surface area (Å²) in [6.45, 7) is 0. The van der Waals surface area contributed by atoms with Gasteiger partial charge < -0.3 is 5.11 Å². The van der Waals surface area contributed by atoms with Crippen LogP contribution in [0, 0.1) is 0 Å². The Morgan fingerprint density at radius 2 is 1.90 bits per heavy atom. The van der Waals surface area contributed by atoms with E-state index in [4.69, 9.17) is 16.7 Å². The van der Waals surface area contributed by atoms with Gasteiger partial charge in [0.25, 0.3) is 0 Å². The molecule has 104 valence electrons. The topological polar surface area (TPSA) is 50.2 Å². The molecule has 0 saturated heterocycles. The highest BCUT2D eigenvalue weighted by Gasteiger charge is 2.30. The summed E-state index contributed by atoms with van der Waals surface area (Å²) in [5, 5.41) is 8.65. The van der Waals surface area contributed by atoms with E-state index < -0.39 is 17.7 Å². The van der Waals surface area contributed by atoms with Gasteiger partial charge >= 0.3 is 12.1 Å². The third-order valence-electron chi connectivity index (χ3n) is 2.57. The highest BCUT2D eigenvalue weighted by Crippen LogP contribution is 2.32. The Morgan fingerprint density at radius 3 is 2.45 bits per heavy atom. The Kier molecular flexibility index (Phi) is 3.67. The Morgan fingerprint density at radius 1 is 1.20 bits per heavy atom. The van der Waals surface area contributed by atoms with Crippen LogP contribution in [0.15, 0.2) is 36.5 Å². The molecular formula is C13H7ClF3NO2. The summed E-state index contributed by atoms with van der Waals surface area (Å²) in [5.41, 5.74) is -0.576. The number of hydrogen-bond donors (Lipinski definition) is 1. The molecule has 1 heterocycles. The number of alkyl halides is 3. The molecule has 0 radical (unpaired) electrons. The van der Waals surface area contributed by atoms with Crippen LogP contribution in [-0.2, 0) is 6.18 Å². The molecule has 1 aromatic carbocycles. The van der Waals surface area contributed by atoms with E-state index in [0.29, 0.717) is 5.56 Å². The highest BCUT2D eigenvalue weighted by atomic mass is 35.5. The summed E-state index contributed by atoms with van der Waals surface area (Å²) in [6, 6.07) is 5.89. The fraction of sp³-hybridized carbons (Fsp3) is 0.0769. The number of pyridine rings is 1. The number of carboxylic acids is 1. The minimum atomic E-state index is -4.45. The average molecular weight is 302 g/mol. The number of aromatic nitrogens is 1. The van der Waals surface area contributed by atoms with Crippen molar-refractivity contribution < 1.29 is 23.1 Å². The molecule has 1 aromatic heterocycles. The van der Waals surface area contributed by atoms with Crippen LogP contribution < -0.4 is 0 Å². The van der Waals surface area contributed by atoms with Crippen LogP contribution in [0.2, 0.25) is 5.02 Å². The Labute approximate surface area is 116 Å². The molecular weight excluding hydrogens is 295 g/mol. The molecule has 0 unspecified atom stereocenters. The van der Waals surface area contributed by atoms with E-state index >= 15 is 0 Å². The third-order valence-corrected chi connectivity index (χ3v) is 2.86. The van der Waals surface area contributed by atoms with Crippen molar-refractivity contribution in [2.75, 3.05) is 0 Å². The van der Waals surface area contributed by atoms with E-state index in [0.717, 1.165) is 12.1 Å². The zero-order valence-electron chi connectivity index (χ0n) is 9.78. The quantitative estimate of drug-likeness (QED) is 0.907. The van der Waals surface area contributed by atoms with Crippen molar-refractivity contribution >= 4 is 17.6 Å². The molecule has 3 nitrogen and oxygen atoms in total. The molecule has 7 heteroatoms. The molecule has 0 atom stereocenters. The smallest absolute Gasteiger partial charge is 0.416 e. The van der Waals surface area contributed by atoms with Crippen molar-refractivity contribution in [3.8, 4) is 11.1 Å². The fourth-order valence-electron chi connectivity index (χ4n) is 1.63. The first kappa shape index (κ1) is 14.3. The number of benzene rings is 1. The number of carbonyl (C=O) groups is 1. The molecule has 0 aliphatic rings. The van der Waals surface area contributed by atoms with Gasteiger partial charge in [0.1, 0.15) is 0 Å². The van der Waals surface area contributed by atoms with Crippen molar-refractivity contribution in [2.24, 2.45) is 0 Å². The maximum absolute atomic E-state index is 12.6. The average Bonchev–Trinajstić information content (AvgIpc) is 2.37. The molecule has 0 bridgehead atoms. The fourth-order valence-corrected chi connectivity index (χ4v) is 1.88. The molecule has 0 aliphatic carbocycles. The SMILES string of the molecule is O=C(O)c1ncc(-c2cccc(C(F)(F)F)c2)cc1Cl. The summed E-state index contributed by atoms with van der Waals surface area (Å²) < 4.78 is 37.8. The molecule has 0 saturated carbocycles. The number of halogens is 4. The minimum Gasteiger partial charge on any atom is -0.476 e. The van der Waals surface area contributed by atoms with Crippen molar-refractivity contribution in [1.29, 1.82) is 0 Å². The first-order valence-corrected chi connectivity index (χ1v) is 5.73. The summed E-state index contributed by atoms with van der Waals surface area (Å²) >= 11 is 5.74. The minimum absolute atomic E-state index is 0.132. The zero-order chi connectivity index (χ0) is 14.9. The van der Waals surface area contributed by atoms with Crippen molar-refractivity contribution in [3.63, 3.8) is 0 Å². The van der Waals surface area contributed by atoms with Crippen LogP contribution in [0.25, 0.3) is 11.1 Å². The molecule has 0 amide bonds. The predicted molar refractivity (Wildman–Crippen MR) is 66.6 cm³/mol. The molecule has 0 fully saturated rings. The van der Waals surface area contributed by atoms with E-state index in [-0.39, 0.29) is 16.3 Å². The van der Waals surface area contributed by atoms with Crippen LogP contribution in [0.3, 0.4) is 0 Å². The molecule has 2 rings (SSSR count). The predicted octanol–water partition coefficient (Wildman–Crippen LogP) is 4.12. The van der Waals surface area contributed by atoms with E-state index in [1.165, 1.54) is 24.4 Å². The first-order valence-electron chi connectivity index (χ1n) is 5.35. The van der Waals surface area contributed by atoms with Gasteiger partial charge in [-0.25, -0.2) is 9.78 Å². The zero-order valence-corrected chi connectivity index (χ0v) is 10.5. The van der Waals surface area contributed by atoms with Gasteiger partial charge in [-0.3, -0.25) is 0 Å². The lowest BCUT2D eigenvalue weighted by atomic mass is 10.0. The van der Waals surface area contributed by atoms with E-state index in [1.54, 1.807) is 0 Å². The lowest BCUT2D eigenvalue weighted by Crippen LogP contribution is -2.05. The largest absolute Gasteiger partial charge is 0.476 e. The van der Waals surface area contributed by atoms with Crippen molar-refractivity contribution in [2.45, 2.75) is 6.18 Å². The summed E-state index contributed by atoms with van der Waals surface area (Å²) in [4.78, 5) is 14.4. The second-order valence-corrected chi connectivity index (χ2v) is 4.35. The van der Waals surface area contributed by atoms with Gasteiger partial charge in [-0.2, -0.15) is 13.2 Å². The first-order chi connectivity index (χ1) is 9.29. The monoisotopic (exact) mass is 301 g/mol. The normalized spacial score (nSPS) is 11.4. The molecule has 0 aliphatic heterocycles. The Bertz CT molecular complexity index is 671. The van der Waals surface area contributed by atoms with Gasteiger partial charge in [-0.1, -0.05) is 23.7 Å². The summed E-state index contributed by atoms with van der Waals surface area (Å²) in [7, 11) is 0. The van der Waals surface area contributed by atoms with E-state index in [9.17, 15) is 18.0 Å². The second kappa shape index (κ2) is 5.13. The second-order valence-electron chi connectivity index (χ2n) is 3.94. The lowest BCUT2D eigenvalue weighted by molar-refractivity contribution is -0.137. The van der Waals surface area contributed by atoms with Gasteiger partial charge in [0.05, 0.1) is 10.6 Å². The van der Waals surface area contributed by atoms with Crippen LogP contribution >= 0.6 is 11.6 Å². The van der Waals surface area contributed by atoms with E-state index in [1.807, 2.05) is 0 Å². The molecule has 20 heavy (non-hydrogen) atoms. The maximum Gasteiger partial charge on any atom is 0.416 e. The Hall–Kier alpha value is -2.08. The van der Waals surface area contributed by atoms with Gasteiger partial charge in [-0.15, -0.1) is 0 Å². The van der Waals surface area contributed by atoms with Gasteiger partial charge in [0, 0.05) is 11.8 Å². The van der Waals surface area contributed by atoms with Crippen LogP contribution in [0.1, 0.15) is 16.1 Å². The Balaban J connectivity index is 2.47. The van der Waals surface area contributed by atoms with Crippen LogP contribution in [-0.4, -0.2) is 16.1 Å². The number of carboxylic acid groups (broad SMARTS) is 1. The number of nitrogens with zero attached hydrogens (tertiary/aromatic N) is 1. The number of hydrogen-bond acceptors (Lipinski definition) is 2. The van der Waals surface area contributed by atoms with Crippen molar-refractivity contribution in [1.82, 2.24) is 4.98 Å². The number of rotatable bonds is 2. The van der Waals surface area contributed by atoms with Crippen LogP contribution in [0.5, 0.6) is 0 Å². The number of aromatic carboxylic acids is 1. The highest BCUT2D eigenvalue weighted by molar-refractivity contribution is 6.33. The van der Waals surface area contributed by atoms with Gasteiger partial charge in [0.15, 0.2) is 5.69 Å². The maximum atomic E-state index is 12.6. The van der Waals surface area contributed by atoms with Gasteiger partial charge in [-0.05, 0) is 23.8 Å².